The van der Waals surface area contributed by atoms with Crippen LogP contribution in [0.5, 0.6) is 0 Å². The van der Waals surface area contributed by atoms with E-state index in [1.807, 2.05) is 6.08 Å². The molecule has 0 bridgehead atoms. The van der Waals surface area contributed by atoms with Crippen LogP contribution in [0.3, 0.4) is 0 Å². The number of carbonyl (C=O) groups is 1. The van der Waals surface area contributed by atoms with Crippen LogP contribution >= 0.6 is 0 Å². The van der Waals surface area contributed by atoms with E-state index in [1.54, 1.807) is 6.08 Å². The summed E-state index contributed by atoms with van der Waals surface area (Å²) < 4.78 is 4.36. The molecule has 0 aromatic heterocycles. The smallest absolute Gasteiger partial charge is 0.384 e. The molecule has 0 unspecified atom stereocenters. The Labute approximate surface area is 86.3 Å². The van der Waals surface area contributed by atoms with E-state index in [1.165, 1.54) is 32.8 Å². The zero-order valence-corrected chi connectivity index (χ0v) is 9.01. The van der Waals surface area contributed by atoms with Gasteiger partial charge in [-0.25, -0.2) is 4.79 Å². The number of rotatable bonds is 5. The second kappa shape index (κ2) is 9.85. The standard InChI is InChI=1S/C12H18O2/c1-3-4-5-6-7-8-9-10-11-12(13)14-2/h8-9H,3-7H2,1-2H3/b9-8+. The fourth-order valence-electron chi connectivity index (χ4n) is 0.983. The van der Waals surface area contributed by atoms with E-state index in [9.17, 15) is 4.79 Å². The number of methoxy groups -OCH3 is 1. The molecule has 0 amide bonds. The van der Waals surface area contributed by atoms with Crippen LogP contribution in [-0.4, -0.2) is 13.1 Å². The maximum Gasteiger partial charge on any atom is 0.384 e. The van der Waals surface area contributed by atoms with Gasteiger partial charge in [0.2, 0.25) is 0 Å². The first-order chi connectivity index (χ1) is 6.81. The molecule has 78 valence electrons. The van der Waals surface area contributed by atoms with Gasteiger partial charge in [-0.3, -0.25) is 0 Å². The lowest BCUT2D eigenvalue weighted by molar-refractivity contribution is -0.133. The highest BCUT2D eigenvalue weighted by molar-refractivity contribution is 5.88. The van der Waals surface area contributed by atoms with Crippen LogP contribution in [0.15, 0.2) is 12.2 Å². The minimum absolute atomic E-state index is 0.486. The molecule has 0 spiro atoms. The van der Waals surface area contributed by atoms with E-state index >= 15 is 0 Å². The molecule has 0 aliphatic rings. The monoisotopic (exact) mass is 194 g/mol. The van der Waals surface area contributed by atoms with Crippen LogP contribution in [0.1, 0.15) is 39.0 Å². The van der Waals surface area contributed by atoms with Crippen LogP contribution in [0.4, 0.5) is 0 Å². The summed E-state index contributed by atoms with van der Waals surface area (Å²) in [7, 11) is 1.32. The van der Waals surface area contributed by atoms with E-state index in [0.29, 0.717) is 0 Å². The van der Waals surface area contributed by atoms with E-state index in [4.69, 9.17) is 0 Å². The van der Waals surface area contributed by atoms with Crippen molar-refractivity contribution in [2.24, 2.45) is 0 Å². The maximum absolute atomic E-state index is 10.6. The molecular weight excluding hydrogens is 176 g/mol. The third-order valence-electron chi connectivity index (χ3n) is 1.79. The number of unbranched alkanes of at least 4 members (excludes halogenated alkanes) is 4. The number of allylic oxidation sites excluding steroid dienone is 2. The van der Waals surface area contributed by atoms with Gasteiger partial charge in [0.1, 0.15) is 0 Å². The summed E-state index contributed by atoms with van der Waals surface area (Å²) in [5.74, 6) is 4.47. The van der Waals surface area contributed by atoms with E-state index < -0.39 is 5.97 Å². The molecule has 2 heteroatoms. The Morgan fingerprint density at radius 1 is 1.36 bits per heavy atom. The maximum atomic E-state index is 10.6. The van der Waals surface area contributed by atoms with Crippen molar-refractivity contribution in [3.05, 3.63) is 12.2 Å². The van der Waals surface area contributed by atoms with Crippen molar-refractivity contribution < 1.29 is 9.53 Å². The summed E-state index contributed by atoms with van der Waals surface area (Å²) >= 11 is 0. The first kappa shape index (κ1) is 12.8. The molecule has 0 aliphatic carbocycles. The number of carbonyl (C=O) groups excluding carboxylic acids is 1. The van der Waals surface area contributed by atoms with Gasteiger partial charge in [-0.15, -0.1) is 0 Å². The zero-order chi connectivity index (χ0) is 10.6. The van der Waals surface area contributed by atoms with Crippen molar-refractivity contribution in [1.82, 2.24) is 0 Å². The largest absolute Gasteiger partial charge is 0.459 e. The average molecular weight is 194 g/mol. The SMILES string of the molecule is CCCCCC/C=C/C#CC(=O)OC. The molecule has 0 radical (unpaired) electrons. The quantitative estimate of drug-likeness (QED) is 0.291. The van der Waals surface area contributed by atoms with Gasteiger partial charge in [-0.05, 0) is 18.9 Å². The summed E-state index contributed by atoms with van der Waals surface area (Å²) in [6.45, 7) is 2.19. The Bertz CT molecular complexity index is 230. The van der Waals surface area contributed by atoms with E-state index in [2.05, 4.69) is 23.5 Å². The number of ether oxygens (including phenoxy) is 1. The molecule has 2 nitrogen and oxygen atoms in total. The summed E-state index contributed by atoms with van der Waals surface area (Å²) in [5.41, 5.74) is 0. The lowest BCUT2D eigenvalue weighted by atomic mass is 10.1. The fourth-order valence-corrected chi connectivity index (χ4v) is 0.983. The van der Waals surface area contributed by atoms with Crippen molar-refractivity contribution in [2.75, 3.05) is 7.11 Å². The molecule has 0 rings (SSSR count). The van der Waals surface area contributed by atoms with Gasteiger partial charge >= 0.3 is 5.97 Å². The third-order valence-corrected chi connectivity index (χ3v) is 1.79. The number of esters is 1. The predicted octanol–water partition coefficient (Wildman–Crippen LogP) is 2.69. The van der Waals surface area contributed by atoms with Crippen molar-refractivity contribution in [1.29, 1.82) is 0 Å². The van der Waals surface area contributed by atoms with Gasteiger partial charge in [-0.2, -0.15) is 0 Å². The lowest BCUT2D eigenvalue weighted by Crippen LogP contribution is -1.93. The molecule has 0 aromatic rings. The summed E-state index contributed by atoms with van der Waals surface area (Å²) in [6.07, 6.45) is 9.76. The molecule has 14 heavy (non-hydrogen) atoms. The molecule has 0 aliphatic heterocycles. The zero-order valence-electron chi connectivity index (χ0n) is 9.01. The summed E-state index contributed by atoms with van der Waals surface area (Å²) in [6, 6.07) is 0. The molecule has 0 fully saturated rings. The second-order valence-electron chi connectivity index (χ2n) is 3.01. The first-order valence-corrected chi connectivity index (χ1v) is 5.05. The van der Waals surface area contributed by atoms with Gasteiger partial charge in [0.05, 0.1) is 7.11 Å². The molecular formula is C12H18O2. The molecule has 0 atom stereocenters. The van der Waals surface area contributed by atoms with E-state index in [-0.39, 0.29) is 0 Å². The molecule has 0 aromatic carbocycles. The third kappa shape index (κ3) is 8.86. The fraction of sp³-hybridized carbons (Fsp3) is 0.583. The van der Waals surface area contributed by atoms with Gasteiger partial charge in [0.15, 0.2) is 0 Å². The van der Waals surface area contributed by atoms with Crippen LogP contribution < -0.4 is 0 Å². The van der Waals surface area contributed by atoms with Crippen LogP contribution in [0.2, 0.25) is 0 Å². The average Bonchev–Trinajstić information content (AvgIpc) is 2.21. The molecule has 0 N–H and O–H groups in total. The highest BCUT2D eigenvalue weighted by Gasteiger charge is 1.86. The van der Waals surface area contributed by atoms with Crippen LogP contribution in [-0.2, 0) is 9.53 Å². The summed E-state index contributed by atoms with van der Waals surface area (Å²) in [4.78, 5) is 10.6. The van der Waals surface area contributed by atoms with Crippen LogP contribution in [0.25, 0.3) is 0 Å². The Morgan fingerprint density at radius 3 is 2.79 bits per heavy atom. The predicted molar refractivity (Wildman–Crippen MR) is 57.7 cm³/mol. The van der Waals surface area contributed by atoms with Gasteiger partial charge < -0.3 is 4.74 Å². The molecule has 0 heterocycles. The number of hydrogen-bond donors (Lipinski definition) is 0. The Kier molecular flexibility index (Phi) is 8.99. The van der Waals surface area contributed by atoms with Gasteiger partial charge in [0.25, 0.3) is 0 Å². The van der Waals surface area contributed by atoms with Gasteiger partial charge in [0, 0.05) is 5.92 Å². The van der Waals surface area contributed by atoms with Crippen LogP contribution in [0, 0.1) is 11.8 Å². The van der Waals surface area contributed by atoms with Crippen molar-refractivity contribution in [3.63, 3.8) is 0 Å². The minimum Gasteiger partial charge on any atom is -0.459 e. The topological polar surface area (TPSA) is 26.3 Å². The Balaban J connectivity index is 3.42. The first-order valence-electron chi connectivity index (χ1n) is 5.05. The Hall–Kier alpha value is -1.23. The lowest BCUT2D eigenvalue weighted by Gasteiger charge is -1.92. The molecule has 0 saturated heterocycles. The van der Waals surface area contributed by atoms with Crippen molar-refractivity contribution >= 4 is 5.97 Å². The van der Waals surface area contributed by atoms with Gasteiger partial charge in [-0.1, -0.05) is 38.2 Å². The number of hydrogen-bond acceptors (Lipinski definition) is 2. The van der Waals surface area contributed by atoms with Crippen molar-refractivity contribution in [2.45, 2.75) is 39.0 Å². The highest BCUT2D eigenvalue weighted by Crippen LogP contribution is 2.02. The molecule has 0 saturated carbocycles. The summed E-state index contributed by atoms with van der Waals surface area (Å²) in [5, 5.41) is 0. The second-order valence-corrected chi connectivity index (χ2v) is 3.01. The van der Waals surface area contributed by atoms with Crippen molar-refractivity contribution in [3.8, 4) is 11.8 Å². The normalized spacial score (nSPS) is 9.57. The Morgan fingerprint density at radius 2 is 2.14 bits per heavy atom. The van der Waals surface area contributed by atoms with E-state index in [0.717, 1.165) is 6.42 Å². The minimum atomic E-state index is -0.486. The highest BCUT2D eigenvalue weighted by atomic mass is 16.5.